The first-order valence-corrected chi connectivity index (χ1v) is 7.62. The summed E-state index contributed by atoms with van der Waals surface area (Å²) in [4.78, 5) is 10.6. The second-order valence-corrected chi connectivity index (χ2v) is 6.21. The molecular weight excluding hydrogens is 276 g/mol. The topological polar surface area (TPSA) is 55.2 Å². The normalized spacial score (nSPS) is 22.5. The molecule has 0 amide bonds. The molecule has 20 heavy (non-hydrogen) atoms. The number of nitro groups is 1. The van der Waals surface area contributed by atoms with E-state index in [0.717, 1.165) is 24.8 Å². The van der Waals surface area contributed by atoms with E-state index in [4.69, 9.17) is 11.6 Å². The average molecular weight is 297 g/mol. The summed E-state index contributed by atoms with van der Waals surface area (Å²) in [5.74, 6) is 1.55. The number of nitrogens with one attached hydrogen (secondary N) is 1. The highest BCUT2D eigenvalue weighted by Crippen LogP contribution is 2.31. The standard InChI is InChI=1S/C15H21ClN2O2/c1-11-3-2-4-12(9-11)7-8-17-14-10-13(16)5-6-15(14)18(19)20/h5-6,10-12,17H,2-4,7-9H2,1H3. The van der Waals surface area contributed by atoms with E-state index in [1.54, 1.807) is 12.1 Å². The summed E-state index contributed by atoms with van der Waals surface area (Å²) in [7, 11) is 0. The van der Waals surface area contributed by atoms with Crippen molar-refractivity contribution >= 4 is 23.0 Å². The van der Waals surface area contributed by atoms with Gasteiger partial charge in [-0.25, -0.2) is 0 Å². The second-order valence-electron chi connectivity index (χ2n) is 5.77. The summed E-state index contributed by atoms with van der Waals surface area (Å²) >= 11 is 5.91. The predicted octanol–water partition coefficient (Wildman–Crippen LogP) is 4.88. The van der Waals surface area contributed by atoms with Crippen LogP contribution < -0.4 is 5.32 Å². The largest absolute Gasteiger partial charge is 0.379 e. The molecule has 0 spiro atoms. The third-order valence-corrected chi connectivity index (χ3v) is 4.30. The van der Waals surface area contributed by atoms with Crippen molar-refractivity contribution in [2.45, 2.75) is 39.0 Å². The lowest BCUT2D eigenvalue weighted by atomic mass is 9.81. The number of nitrogens with zero attached hydrogens (tertiary/aromatic N) is 1. The van der Waals surface area contributed by atoms with E-state index >= 15 is 0 Å². The second kappa shape index (κ2) is 6.93. The third-order valence-electron chi connectivity index (χ3n) is 4.07. The van der Waals surface area contributed by atoms with Gasteiger partial charge in [-0.2, -0.15) is 0 Å². The molecule has 1 saturated carbocycles. The maximum absolute atomic E-state index is 11.0. The van der Waals surface area contributed by atoms with E-state index in [9.17, 15) is 10.1 Å². The van der Waals surface area contributed by atoms with E-state index in [-0.39, 0.29) is 10.6 Å². The highest BCUT2D eigenvalue weighted by molar-refractivity contribution is 6.31. The lowest BCUT2D eigenvalue weighted by molar-refractivity contribution is -0.384. The van der Waals surface area contributed by atoms with Crippen LogP contribution in [0.3, 0.4) is 0 Å². The summed E-state index contributed by atoms with van der Waals surface area (Å²) < 4.78 is 0. The molecule has 4 nitrogen and oxygen atoms in total. The molecule has 0 saturated heterocycles. The summed E-state index contributed by atoms with van der Waals surface area (Å²) in [6.45, 7) is 3.07. The van der Waals surface area contributed by atoms with Crippen molar-refractivity contribution in [3.05, 3.63) is 33.3 Å². The number of anilines is 1. The van der Waals surface area contributed by atoms with E-state index in [0.29, 0.717) is 10.7 Å². The SMILES string of the molecule is CC1CCCC(CCNc2cc(Cl)ccc2[N+](=O)[O-])C1. The minimum atomic E-state index is -0.374. The van der Waals surface area contributed by atoms with Crippen LogP contribution in [0.15, 0.2) is 18.2 Å². The molecule has 1 aromatic rings. The van der Waals surface area contributed by atoms with E-state index < -0.39 is 0 Å². The Morgan fingerprint density at radius 1 is 1.45 bits per heavy atom. The highest BCUT2D eigenvalue weighted by Gasteiger charge is 2.19. The van der Waals surface area contributed by atoms with Gasteiger partial charge in [0.15, 0.2) is 0 Å². The fraction of sp³-hybridized carbons (Fsp3) is 0.600. The first kappa shape index (κ1) is 15.1. The monoisotopic (exact) mass is 296 g/mol. The number of hydrogen-bond donors (Lipinski definition) is 1. The summed E-state index contributed by atoms with van der Waals surface area (Å²) in [6, 6.07) is 4.63. The maximum atomic E-state index is 11.0. The Kier molecular flexibility index (Phi) is 5.24. The lowest BCUT2D eigenvalue weighted by Gasteiger charge is -2.26. The van der Waals surface area contributed by atoms with Crippen LogP contribution in [0.1, 0.15) is 39.0 Å². The number of rotatable bonds is 5. The van der Waals surface area contributed by atoms with Crippen LogP contribution in [0.2, 0.25) is 5.02 Å². The van der Waals surface area contributed by atoms with Crippen LogP contribution >= 0.6 is 11.6 Å². The first-order chi connectivity index (χ1) is 9.56. The molecule has 1 aromatic carbocycles. The smallest absolute Gasteiger partial charge is 0.292 e. The molecule has 2 atom stereocenters. The van der Waals surface area contributed by atoms with Gasteiger partial charge >= 0.3 is 0 Å². The molecule has 0 radical (unpaired) electrons. The van der Waals surface area contributed by atoms with Gasteiger partial charge in [-0.05, 0) is 36.8 Å². The van der Waals surface area contributed by atoms with Crippen LogP contribution in [0, 0.1) is 22.0 Å². The number of benzene rings is 1. The molecule has 1 N–H and O–H groups in total. The van der Waals surface area contributed by atoms with Crippen LogP contribution in [0.4, 0.5) is 11.4 Å². The molecule has 0 bridgehead atoms. The molecule has 110 valence electrons. The van der Waals surface area contributed by atoms with Gasteiger partial charge in [-0.1, -0.05) is 37.8 Å². The van der Waals surface area contributed by atoms with Crippen LogP contribution in [-0.4, -0.2) is 11.5 Å². The van der Waals surface area contributed by atoms with Crippen molar-refractivity contribution in [2.24, 2.45) is 11.8 Å². The average Bonchev–Trinajstić information content (AvgIpc) is 2.38. The Labute approximate surface area is 124 Å². The molecule has 2 rings (SSSR count). The van der Waals surface area contributed by atoms with Crippen molar-refractivity contribution in [3.63, 3.8) is 0 Å². The molecule has 1 aliphatic carbocycles. The number of nitro benzene ring substituents is 1. The van der Waals surface area contributed by atoms with Gasteiger partial charge in [0.25, 0.3) is 5.69 Å². The van der Waals surface area contributed by atoms with Crippen LogP contribution in [0.25, 0.3) is 0 Å². The van der Waals surface area contributed by atoms with Gasteiger partial charge in [-0.15, -0.1) is 0 Å². The van der Waals surface area contributed by atoms with E-state index in [1.807, 2.05) is 0 Å². The maximum Gasteiger partial charge on any atom is 0.292 e. The highest BCUT2D eigenvalue weighted by atomic mass is 35.5. The van der Waals surface area contributed by atoms with Gasteiger partial charge in [-0.3, -0.25) is 10.1 Å². The molecule has 5 heteroatoms. The Morgan fingerprint density at radius 3 is 2.95 bits per heavy atom. The zero-order valence-electron chi connectivity index (χ0n) is 11.8. The fourth-order valence-electron chi connectivity index (χ4n) is 3.04. The molecule has 1 aliphatic rings. The van der Waals surface area contributed by atoms with Crippen molar-refractivity contribution < 1.29 is 4.92 Å². The molecule has 1 fully saturated rings. The Morgan fingerprint density at radius 2 is 2.25 bits per heavy atom. The Balaban J connectivity index is 1.90. The van der Waals surface area contributed by atoms with Gasteiger partial charge in [0, 0.05) is 17.6 Å². The Hall–Kier alpha value is -1.29. The van der Waals surface area contributed by atoms with Crippen molar-refractivity contribution in [1.29, 1.82) is 0 Å². The zero-order chi connectivity index (χ0) is 14.5. The molecule has 0 aliphatic heterocycles. The number of hydrogen-bond acceptors (Lipinski definition) is 3. The van der Waals surface area contributed by atoms with Gasteiger partial charge in [0.2, 0.25) is 0 Å². The minimum absolute atomic E-state index is 0.0893. The summed E-state index contributed by atoms with van der Waals surface area (Å²) in [5.41, 5.74) is 0.609. The van der Waals surface area contributed by atoms with Gasteiger partial charge in [0.05, 0.1) is 4.92 Å². The fourth-order valence-corrected chi connectivity index (χ4v) is 3.21. The minimum Gasteiger partial charge on any atom is -0.379 e. The third kappa shape index (κ3) is 4.10. The molecule has 0 heterocycles. The van der Waals surface area contributed by atoms with Crippen molar-refractivity contribution in [2.75, 3.05) is 11.9 Å². The molecule has 2 unspecified atom stereocenters. The molecular formula is C15H21ClN2O2. The van der Waals surface area contributed by atoms with E-state index in [1.165, 1.54) is 31.7 Å². The van der Waals surface area contributed by atoms with Crippen molar-refractivity contribution in [1.82, 2.24) is 0 Å². The Bertz CT molecular complexity index is 479. The van der Waals surface area contributed by atoms with Crippen LogP contribution in [0.5, 0.6) is 0 Å². The lowest BCUT2D eigenvalue weighted by Crippen LogP contribution is -2.16. The van der Waals surface area contributed by atoms with Gasteiger partial charge in [0.1, 0.15) is 5.69 Å². The summed E-state index contributed by atoms with van der Waals surface area (Å²) in [5, 5.41) is 14.7. The first-order valence-electron chi connectivity index (χ1n) is 7.24. The summed E-state index contributed by atoms with van der Waals surface area (Å²) in [6.07, 6.45) is 6.27. The molecule has 0 aromatic heterocycles. The zero-order valence-corrected chi connectivity index (χ0v) is 12.5. The van der Waals surface area contributed by atoms with E-state index in [2.05, 4.69) is 12.2 Å². The quantitative estimate of drug-likeness (QED) is 0.622. The van der Waals surface area contributed by atoms with Crippen molar-refractivity contribution in [3.8, 4) is 0 Å². The van der Waals surface area contributed by atoms with Crippen LogP contribution in [-0.2, 0) is 0 Å². The number of halogens is 1. The van der Waals surface area contributed by atoms with Gasteiger partial charge < -0.3 is 5.32 Å². The predicted molar refractivity (Wildman–Crippen MR) is 82.3 cm³/mol.